The molecule has 36 heavy (non-hydrogen) atoms. The predicted octanol–water partition coefficient (Wildman–Crippen LogP) is 4.91. The van der Waals surface area contributed by atoms with Crippen molar-refractivity contribution in [3.8, 4) is 11.3 Å². The highest BCUT2D eigenvalue weighted by atomic mass is 19.4. The molecule has 0 radical (unpaired) electrons. The van der Waals surface area contributed by atoms with Crippen molar-refractivity contribution >= 4 is 28.6 Å². The van der Waals surface area contributed by atoms with Crippen molar-refractivity contribution in [3.63, 3.8) is 0 Å². The van der Waals surface area contributed by atoms with Gasteiger partial charge in [0.15, 0.2) is 0 Å². The number of hydrogen-bond donors (Lipinski definition) is 2. The van der Waals surface area contributed by atoms with Crippen LogP contribution in [0.15, 0.2) is 48.9 Å². The summed E-state index contributed by atoms with van der Waals surface area (Å²) in [4.78, 5) is 26.0. The van der Waals surface area contributed by atoms with E-state index in [1.54, 1.807) is 24.5 Å². The second-order valence-corrected chi connectivity index (χ2v) is 8.11. The number of fused-ring (bicyclic) bond motifs is 2. The molecule has 3 N–H and O–H groups in total. The maximum atomic E-state index is 14.1. The number of nitrogens with zero attached hydrogens (tertiary/aromatic N) is 5. The number of carbonyl (C=O) groups is 1. The number of nitrogens with one attached hydrogen (secondary N) is 1. The Balaban J connectivity index is 1.52. The van der Waals surface area contributed by atoms with E-state index in [0.29, 0.717) is 46.4 Å². The zero-order chi connectivity index (χ0) is 25.8. The third-order valence-corrected chi connectivity index (χ3v) is 5.85. The van der Waals surface area contributed by atoms with Crippen LogP contribution in [0.4, 0.5) is 29.1 Å². The van der Waals surface area contributed by atoms with Crippen LogP contribution in [0.25, 0.3) is 22.4 Å². The molecule has 0 aliphatic heterocycles. The molecule has 12 heteroatoms. The van der Waals surface area contributed by atoms with E-state index >= 15 is 0 Å². The molecule has 184 valence electrons. The first-order valence-electron chi connectivity index (χ1n) is 10.9. The molecule has 0 atom stereocenters. The summed E-state index contributed by atoms with van der Waals surface area (Å²) < 4.78 is 56.5. The Labute approximate surface area is 201 Å². The Bertz CT molecular complexity index is 1650. The zero-order valence-electron chi connectivity index (χ0n) is 19.1. The van der Waals surface area contributed by atoms with Crippen LogP contribution >= 0.6 is 0 Å². The number of rotatable bonds is 4. The summed E-state index contributed by atoms with van der Waals surface area (Å²) in [6.45, 7) is 3.86. The Hall–Kier alpha value is -4.48. The number of nitrogens with two attached hydrogens (primary N) is 1. The van der Waals surface area contributed by atoms with Crippen molar-refractivity contribution in [1.29, 1.82) is 0 Å². The summed E-state index contributed by atoms with van der Waals surface area (Å²) in [6.07, 6.45) is 0.575. The fourth-order valence-corrected chi connectivity index (χ4v) is 4.11. The number of carbonyl (C=O) groups excluding carboxylic acids is 1. The summed E-state index contributed by atoms with van der Waals surface area (Å²) in [5.41, 5.74) is 7.75. The first-order chi connectivity index (χ1) is 17.1. The number of nitrogen functional groups attached to an aromatic ring is 1. The minimum atomic E-state index is -4.68. The highest BCUT2D eigenvalue weighted by Gasteiger charge is 2.31. The van der Waals surface area contributed by atoms with Gasteiger partial charge in [0.1, 0.15) is 40.0 Å². The van der Waals surface area contributed by atoms with Crippen LogP contribution in [-0.2, 0) is 12.6 Å². The molecular formula is C24H19F4N7O. The number of halogens is 4. The van der Waals surface area contributed by atoms with Gasteiger partial charge in [0.2, 0.25) is 0 Å². The van der Waals surface area contributed by atoms with Gasteiger partial charge in [0.05, 0.1) is 17.4 Å². The monoisotopic (exact) mass is 497 g/mol. The zero-order valence-corrected chi connectivity index (χ0v) is 19.1. The van der Waals surface area contributed by atoms with E-state index in [1.807, 2.05) is 18.2 Å². The quantitative estimate of drug-likeness (QED) is 0.344. The van der Waals surface area contributed by atoms with E-state index in [-0.39, 0.29) is 5.69 Å². The topological polar surface area (TPSA) is 103 Å². The molecule has 0 saturated heterocycles. The third-order valence-electron chi connectivity index (χ3n) is 5.85. The van der Waals surface area contributed by atoms with Gasteiger partial charge in [-0.1, -0.05) is 6.92 Å². The average molecular weight is 497 g/mol. The van der Waals surface area contributed by atoms with Gasteiger partial charge < -0.3 is 11.1 Å². The highest BCUT2D eigenvalue weighted by Crippen LogP contribution is 2.32. The molecule has 0 fully saturated rings. The Morgan fingerprint density at radius 1 is 1.14 bits per heavy atom. The van der Waals surface area contributed by atoms with Crippen molar-refractivity contribution < 1.29 is 22.4 Å². The lowest BCUT2D eigenvalue weighted by atomic mass is 10.1. The normalized spacial score (nSPS) is 11.9. The Kier molecular flexibility index (Phi) is 5.38. The van der Waals surface area contributed by atoms with E-state index < -0.39 is 29.2 Å². The number of imidazole rings is 2. The number of amides is 1. The van der Waals surface area contributed by atoms with Crippen molar-refractivity contribution in [2.45, 2.75) is 26.4 Å². The Morgan fingerprint density at radius 3 is 2.64 bits per heavy atom. The van der Waals surface area contributed by atoms with Gasteiger partial charge in [-0.05, 0) is 43.7 Å². The number of alkyl halides is 3. The number of benzene rings is 1. The lowest BCUT2D eigenvalue weighted by molar-refractivity contribution is -0.137. The second-order valence-electron chi connectivity index (χ2n) is 8.11. The molecule has 1 aromatic carbocycles. The van der Waals surface area contributed by atoms with Gasteiger partial charge in [-0.15, -0.1) is 0 Å². The predicted molar refractivity (Wildman–Crippen MR) is 125 cm³/mol. The standard InChI is InChI=1S/C24H19F4N7O/c1-3-15-10-31-22(29)21-20(32-12(2)35(15)21)13-6-7-34-18(11-30-19(34)8-13)23(36)33-17-9-14(24(26,27)28)4-5-16(17)25/h4-11H,3H2,1-2H3,(H2,29,31)(H,33,36). The van der Waals surface area contributed by atoms with Crippen LogP contribution in [0.3, 0.4) is 0 Å². The highest BCUT2D eigenvalue weighted by molar-refractivity contribution is 6.03. The van der Waals surface area contributed by atoms with Crippen LogP contribution in [0.1, 0.15) is 34.5 Å². The van der Waals surface area contributed by atoms with Gasteiger partial charge in [0.25, 0.3) is 5.91 Å². The number of pyridine rings is 1. The smallest absolute Gasteiger partial charge is 0.382 e. The summed E-state index contributed by atoms with van der Waals surface area (Å²) in [5, 5.41) is 2.20. The van der Waals surface area contributed by atoms with Crippen LogP contribution < -0.4 is 11.1 Å². The van der Waals surface area contributed by atoms with Crippen molar-refractivity contribution in [2.24, 2.45) is 0 Å². The molecule has 4 heterocycles. The molecule has 0 aliphatic rings. The molecule has 5 rings (SSSR count). The van der Waals surface area contributed by atoms with Crippen LogP contribution in [0, 0.1) is 12.7 Å². The van der Waals surface area contributed by atoms with Crippen LogP contribution in [-0.4, -0.2) is 29.7 Å². The van der Waals surface area contributed by atoms with E-state index in [1.165, 1.54) is 10.6 Å². The summed E-state index contributed by atoms with van der Waals surface area (Å²) in [6, 6.07) is 5.20. The van der Waals surface area contributed by atoms with Gasteiger partial charge in [-0.3, -0.25) is 13.6 Å². The number of anilines is 2. The van der Waals surface area contributed by atoms with Gasteiger partial charge in [-0.2, -0.15) is 13.2 Å². The van der Waals surface area contributed by atoms with Crippen LogP contribution in [0.2, 0.25) is 0 Å². The molecule has 1 amide bonds. The molecule has 0 spiro atoms. The lowest BCUT2D eigenvalue weighted by Gasteiger charge is -2.11. The van der Waals surface area contributed by atoms with E-state index in [0.717, 1.165) is 17.9 Å². The van der Waals surface area contributed by atoms with Gasteiger partial charge >= 0.3 is 6.18 Å². The molecule has 8 nitrogen and oxygen atoms in total. The largest absolute Gasteiger partial charge is 0.416 e. The molecule has 0 aliphatic carbocycles. The van der Waals surface area contributed by atoms with Crippen molar-refractivity contribution in [2.75, 3.05) is 11.1 Å². The van der Waals surface area contributed by atoms with E-state index in [4.69, 9.17) is 5.73 Å². The first-order valence-corrected chi connectivity index (χ1v) is 10.9. The van der Waals surface area contributed by atoms with Crippen molar-refractivity contribution in [3.05, 3.63) is 77.5 Å². The maximum Gasteiger partial charge on any atom is 0.416 e. The van der Waals surface area contributed by atoms with Crippen molar-refractivity contribution in [1.82, 2.24) is 23.8 Å². The summed E-state index contributed by atoms with van der Waals surface area (Å²) >= 11 is 0. The van der Waals surface area contributed by atoms with E-state index in [2.05, 4.69) is 20.3 Å². The summed E-state index contributed by atoms with van der Waals surface area (Å²) in [7, 11) is 0. The third kappa shape index (κ3) is 3.80. The minimum absolute atomic E-state index is 0.00805. The number of hydrogen-bond acceptors (Lipinski definition) is 5. The maximum absolute atomic E-state index is 14.1. The molecular weight excluding hydrogens is 478 g/mol. The van der Waals surface area contributed by atoms with Gasteiger partial charge in [-0.25, -0.2) is 19.3 Å². The summed E-state index contributed by atoms with van der Waals surface area (Å²) in [5.74, 6) is -0.767. The lowest BCUT2D eigenvalue weighted by Crippen LogP contribution is -2.16. The molecule has 0 unspecified atom stereocenters. The SMILES string of the molecule is CCc1cnc(N)c2c(-c3ccn4c(C(=O)Nc5cc(C(F)(F)F)ccc5F)cnc4c3)nc(C)n12. The average Bonchev–Trinajstić information content (AvgIpc) is 3.41. The number of aryl methyl sites for hydroxylation is 2. The molecule has 0 saturated carbocycles. The fraction of sp³-hybridized carbons (Fsp3) is 0.167. The first kappa shape index (κ1) is 23.3. The molecule has 5 aromatic rings. The molecule has 4 aromatic heterocycles. The fourth-order valence-electron chi connectivity index (χ4n) is 4.11. The number of aromatic nitrogens is 5. The Morgan fingerprint density at radius 2 is 1.92 bits per heavy atom. The minimum Gasteiger partial charge on any atom is -0.382 e. The van der Waals surface area contributed by atoms with Crippen LogP contribution in [0.5, 0.6) is 0 Å². The molecule has 0 bridgehead atoms. The second kappa shape index (κ2) is 8.33. The van der Waals surface area contributed by atoms with Gasteiger partial charge in [0, 0.05) is 23.7 Å². The van der Waals surface area contributed by atoms with E-state index in [9.17, 15) is 22.4 Å².